The molecule has 2 heterocycles. The van der Waals surface area contributed by atoms with E-state index >= 15 is 0 Å². The molecule has 0 aromatic heterocycles. The van der Waals surface area contributed by atoms with Gasteiger partial charge in [0.25, 0.3) is 0 Å². The summed E-state index contributed by atoms with van der Waals surface area (Å²) in [7, 11) is 0. The van der Waals surface area contributed by atoms with E-state index in [-0.39, 0.29) is 30.1 Å². The van der Waals surface area contributed by atoms with Crippen LogP contribution in [0.25, 0.3) is 0 Å². The van der Waals surface area contributed by atoms with Gasteiger partial charge in [-0.3, -0.25) is 14.6 Å². The number of nitrogens with zero attached hydrogens (tertiary/aromatic N) is 2. The maximum absolute atomic E-state index is 13.3. The Bertz CT molecular complexity index is 1880. The van der Waals surface area contributed by atoms with E-state index in [0.717, 1.165) is 76.2 Å². The summed E-state index contributed by atoms with van der Waals surface area (Å²) in [5.41, 5.74) is 4.99. The Morgan fingerprint density at radius 3 is 2.24 bits per heavy atom. The zero-order valence-electron chi connectivity index (χ0n) is 31.9. The van der Waals surface area contributed by atoms with Gasteiger partial charge >= 0.3 is 5.97 Å². The van der Waals surface area contributed by atoms with E-state index in [9.17, 15) is 9.90 Å². The second-order valence-electron chi connectivity index (χ2n) is 17.0. The second-order valence-corrected chi connectivity index (χ2v) is 17.0. The van der Waals surface area contributed by atoms with Gasteiger partial charge in [-0.25, -0.2) is 0 Å². The lowest BCUT2D eigenvalue weighted by Crippen LogP contribution is -2.78. The van der Waals surface area contributed by atoms with Crippen LogP contribution in [0.4, 0.5) is 0 Å². The standard InChI is InChI=1S/C48H56N2O4/c1-34(51)53-42-25-24-39-31-43-48(52)27-26-41(46-47(48,44(39)45(42)54-46)28-30-50(43)32-36-22-23-36)49(29-14-3-2-7-15-35-16-8-4-9-17-35)33-40(37-18-10-5-11-19-37)38-20-12-6-13-21-38/h4-6,8-13,16-21,24-25,36,40-41,43,46,52H,2-3,7,14-15,22-23,26-33H2,1H3/t41-,43+,46-,47-,48+/m0/s1. The highest BCUT2D eigenvalue weighted by atomic mass is 16.6. The minimum Gasteiger partial charge on any atom is -0.483 e. The molecule has 1 N–H and O–H groups in total. The Hall–Kier alpha value is -3.97. The number of hydrogen-bond acceptors (Lipinski definition) is 6. The summed E-state index contributed by atoms with van der Waals surface area (Å²) in [6.45, 7) is 5.35. The number of piperidine rings is 1. The van der Waals surface area contributed by atoms with Crippen molar-refractivity contribution in [3.05, 3.63) is 131 Å². The topological polar surface area (TPSA) is 62.2 Å². The van der Waals surface area contributed by atoms with Crippen molar-refractivity contribution in [2.75, 3.05) is 26.2 Å². The van der Waals surface area contributed by atoms with Gasteiger partial charge < -0.3 is 14.6 Å². The Labute approximate surface area is 321 Å². The minimum atomic E-state index is -0.907. The third-order valence-electron chi connectivity index (χ3n) is 13.8. The molecule has 0 amide bonds. The van der Waals surface area contributed by atoms with E-state index in [1.165, 1.54) is 61.3 Å². The molecule has 6 heteroatoms. The highest BCUT2D eigenvalue weighted by Gasteiger charge is 2.73. The number of carbonyl (C=O) groups excluding carboxylic acids is 1. The van der Waals surface area contributed by atoms with Crippen molar-refractivity contribution in [1.82, 2.24) is 9.80 Å². The predicted molar refractivity (Wildman–Crippen MR) is 213 cm³/mol. The van der Waals surface area contributed by atoms with E-state index in [0.29, 0.717) is 11.5 Å². The molecule has 6 nitrogen and oxygen atoms in total. The van der Waals surface area contributed by atoms with Crippen molar-refractivity contribution in [3.8, 4) is 11.5 Å². The largest absolute Gasteiger partial charge is 0.483 e. The lowest BCUT2D eigenvalue weighted by Gasteiger charge is -2.65. The Kier molecular flexibility index (Phi) is 9.88. The quantitative estimate of drug-likeness (QED) is 0.0755. The zero-order chi connectivity index (χ0) is 36.7. The Morgan fingerprint density at radius 1 is 0.870 bits per heavy atom. The maximum Gasteiger partial charge on any atom is 0.308 e. The van der Waals surface area contributed by atoms with E-state index in [2.05, 4.69) is 107 Å². The first-order valence-electron chi connectivity index (χ1n) is 20.8. The molecule has 282 valence electrons. The monoisotopic (exact) mass is 724 g/mol. The number of unbranched alkanes of at least 4 members (excludes halogenated alkanes) is 3. The lowest BCUT2D eigenvalue weighted by atomic mass is 9.48. The molecule has 3 fully saturated rings. The molecule has 2 saturated carbocycles. The van der Waals surface area contributed by atoms with Gasteiger partial charge in [-0.05, 0) is 105 Å². The number of rotatable bonds is 15. The minimum absolute atomic E-state index is 0.0661. The van der Waals surface area contributed by atoms with Gasteiger partial charge in [0.1, 0.15) is 6.10 Å². The molecule has 1 saturated heterocycles. The molecule has 0 unspecified atom stereocenters. The first kappa shape index (κ1) is 35.7. The molecule has 1 spiro atoms. The summed E-state index contributed by atoms with van der Waals surface area (Å²) in [6.07, 6.45) is 11.5. The highest BCUT2D eigenvalue weighted by Crippen LogP contribution is 2.66. The van der Waals surface area contributed by atoms with Crippen molar-refractivity contribution < 1.29 is 19.4 Å². The smallest absolute Gasteiger partial charge is 0.308 e. The fraction of sp³-hybridized carbons (Fsp3) is 0.479. The molecule has 54 heavy (non-hydrogen) atoms. The third kappa shape index (κ3) is 6.48. The van der Waals surface area contributed by atoms with Crippen LogP contribution in [0.3, 0.4) is 0 Å². The van der Waals surface area contributed by atoms with E-state index in [1.54, 1.807) is 0 Å². The second kappa shape index (κ2) is 14.9. The zero-order valence-corrected chi connectivity index (χ0v) is 31.9. The van der Waals surface area contributed by atoms with E-state index in [1.807, 2.05) is 6.07 Å². The van der Waals surface area contributed by atoms with E-state index < -0.39 is 11.0 Å². The molecular weight excluding hydrogens is 669 g/mol. The van der Waals surface area contributed by atoms with Crippen LogP contribution in [0, 0.1) is 5.92 Å². The van der Waals surface area contributed by atoms with Crippen LogP contribution in [0.15, 0.2) is 103 Å². The van der Waals surface area contributed by atoms with E-state index in [4.69, 9.17) is 9.47 Å². The van der Waals surface area contributed by atoms with Gasteiger partial charge in [0.2, 0.25) is 0 Å². The van der Waals surface area contributed by atoms with Crippen LogP contribution in [0.2, 0.25) is 0 Å². The molecule has 2 bridgehead atoms. The van der Waals surface area contributed by atoms with Gasteiger partial charge in [0, 0.05) is 43.6 Å². The number of aryl methyl sites for hydroxylation is 1. The summed E-state index contributed by atoms with van der Waals surface area (Å²) in [4.78, 5) is 17.8. The van der Waals surface area contributed by atoms with Crippen LogP contribution in [0.5, 0.6) is 11.5 Å². The van der Waals surface area contributed by atoms with Crippen molar-refractivity contribution in [2.24, 2.45) is 5.92 Å². The van der Waals surface area contributed by atoms with Crippen LogP contribution < -0.4 is 9.47 Å². The van der Waals surface area contributed by atoms with Gasteiger partial charge in [-0.2, -0.15) is 0 Å². The average Bonchev–Trinajstić information content (AvgIpc) is 3.94. The molecule has 5 aliphatic rings. The number of likely N-dealkylation sites (tertiary alicyclic amines) is 1. The van der Waals surface area contributed by atoms with Gasteiger partial charge in [-0.15, -0.1) is 0 Å². The first-order valence-corrected chi connectivity index (χ1v) is 20.8. The maximum atomic E-state index is 13.3. The Balaban J connectivity index is 1.06. The molecule has 2 aliphatic heterocycles. The number of carbonyl (C=O) groups is 1. The third-order valence-corrected chi connectivity index (χ3v) is 13.8. The number of ether oxygens (including phenoxy) is 2. The lowest BCUT2D eigenvalue weighted by molar-refractivity contribution is -0.201. The van der Waals surface area contributed by atoms with Crippen molar-refractivity contribution in [3.63, 3.8) is 0 Å². The molecule has 3 aliphatic carbocycles. The summed E-state index contributed by atoms with van der Waals surface area (Å²) in [5, 5.41) is 13.3. The molecule has 0 radical (unpaired) electrons. The predicted octanol–water partition coefficient (Wildman–Crippen LogP) is 8.48. The summed E-state index contributed by atoms with van der Waals surface area (Å²) in [6, 6.07) is 37.1. The summed E-state index contributed by atoms with van der Waals surface area (Å²) in [5.74, 6) is 1.81. The van der Waals surface area contributed by atoms with Crippen molar-refractivity contribution in [2.45, 2.75) is 113 Å². The van der Waals surface area contributed by atoms with Crippen LogP contribution in [-0.2, 0) is 23.1 Å². The van der Waals surface area contributed by atoms with Crippen molar-refractivity contribution >= 4 is 5.97 Å². The summed E-state index contributed by atoms with van der Waals surface area (Å²) < 4.78 is 13.2. The fourth-order valence-corrected chi connectivity index (χ4v) is 11.1. The Morgan fingerprint density at radius 2 is 1.56 bits per heavy atom. The molecular formula is C48H56N2O4. The van der Waals surface area contributed by atoms with Gasteiger partial charge in [-0.1, -0.05) is 110 Å². The van der Waals surface area contributed by atoms with Gasteiger partial charge in [0.05, 0.1) is 11.0 Å². The number of aliphatic hydroxyl groups is 1. The SMILES string of the molecule is CC(=O)Oc1ccc2c3c1O[C@H]1[C@@H](N(CCCCCCc4ccccc4)CC(c4ccccc4)c4ccccc4)CC[C@@]4(O)[C@@H](C2)N(CC2CC2)CC[C@]314. The average molecular weight is 725 g/mol. The number of benzene rings is 4. The number of esters is 1. The summed E-state index contributed by atoms with van der Waals surface area (Å²) >= 11 is 0. The molecule has 9 rings (SSSR count). The molecule has 5 atom stereocenters. The normalized spacial score (nSPS) is 26.8. The van der Waals surface area contributed by atoms with Gasteiger partial charge in [0.15, 0.2) is 11.5 Å². The first-order chi connectivity index (χ1) is 26.4. The fourth-order valence-electron chi connectivity index (χ4n) is 11.1. The molecule has 4 aromatic carbocycles. The van der Waals surface area contributed by atoms with Crippen LogP contribution in [0.1, 0.15) is 98.4 Å². The van der Waals surface area contributed by atoms with Crippen LogP contribution >= 0.6 is 0 Å². The van der Waals surface area contributed by atoms with Crippen molar-refractivity contribution in [1.29, 1.82) is 0 Å². The number of hydrogen-bond donors (Lipinski definition) is 1. The highest BCUT2D eigenvalue weighted by molar-refractivity contribution is 5.72. The van der Waals surface area contributed by atoms with Crippen LogP contribution in [-0.4, -0.2) is 70.8 Å². The molecule has 4 aromatic rings.